The normalized spacial score (nSPS) is 11.3. The largest absolute Gasteiger partial charge is 0.416 e. The third kappa shape index (κ3) is 6.81. The minimum Gasteiger partial charge on any atom is -0.334 e. The standard InChI is InChI=1S/C19H18F3N3O3S/c1-23-29(27,28)17-9-3-6-15(12-17)13-25-18(26)24-10-4-7-14-5-2-8-16(11-14)19(20,21)22/h2-3,5-6,8-9,11-12,23H,10,13H2,1H3,(H2,24,25,26). The van der Waals surface area contributed by atoms with E-state index in [1.807, 2.05) is 0 Å². The first-order valence-corrected chi connectivity index (χ1v) is 9.80. The highest BCUT2D eigenvalue weighted by molar-refractivity contribution is 7.89. The van der Waals surface area contributed by atoms with E-state index in [4.69, 9.17) is 0 Å². The molecule has 0 spiro atoms. The number of carbonyl (C=O) groups is 1. The first-order valence-electron chi connectivity index (χ1n) is 8.32. The first kappa shape index (κ1) is 22.3. The molecule has 0 aromatic heterocycles. The van der Waals surface area contributed by atoms with Gasteiger partial charge in [-0.2, -0.15) is 13.2 Å². The molecule has 3 N–H and O–H groups in total. The van der Waals surface area contributed by atoms with Crippen LogP contribution in [-0.4, -0.2) is 28.0 Å². The highest BCUT2D eigenvalue weighted by atomic mass is 32.2. The van der Waals surface area contributed by atoms with Crippen LogP contribution in [0, 0.1) is 11.8 Å². The predicted molar refractivity (Wildman–Crippen MR) is 101 cm³/mol. The van der Waals surface area contributed by atoms with Gasteiger partial charge in [-0.3, -0.25) is 0 Å². The molecule has 0 unspecified atom stereocenters. The zero-order valence-corrected chi connectivity index (χ0v) is 16.1. The summed E-state index contributed by atoms with van der Waals surface area (Å²) in [7, 11) is -2.28. The Labute approximate surface area is 166 Å². The van der Waals surface area contributed by atoms with Gasteiger partial charge in [-0.1, -0.05) is 30.0 Å². The Morgan fingerprint density at radius 2 is 1.79 bits per heavy atom. The number of hydrogen-bond acceptors (Lipinski definition) is 3. The van der Waals surface area contributed by atoms with E-state index >= 15 is 0 Å². The summed E-state index contributed by atoms with van der Waals surface area (Å²) in [4.78, 5) is 11.9. The molecule has 0 aliphatic heterocycles. The number of carbonyl (C=O) groups excluding carboxylic acids is 1. The van der Waals surface area contributed by atoms with Gasteiger partial charge in [-0.05, 0) is 42.9 Å². The van der Waals surface area contributed by atoms with Crippen LogP contribution in [0.1, 0.15) is 16.7 Å². The second-order valence-corrected chi connectivity index (χ2v) is 7.66. The molecule has 2 aromatic rings. The van der Waals surface area contributed by atoms with Gasteiger partial charge < -0.3 is 10.6 Å². The second kappa shape index (κ2) is 9.45. The number of halogens is 3. The third-order valence-electron chi connectivity index (χ3n) is 3.69. The molecule has 0 aliphatic carbocycles. The van der Waals surface area contributed by atoms with Crippen molar-refractivity contribution in [2.45, 2.75) is 17.6 Å². The quantitative estimate of drug-likeness (QED) is 0.644. The maximum atomic E-state index is 12.6. The Balaban J connectivity index is 1.86. The topological polar surface area (TPSA) is 87.3 Å². The SMILES string of the molecule is CNS(=O)(=O)c1cccc(CNC(=O)NCC#Cc2cccc(C(F)(F)F)c2)c1. The van der Waals surface area contributed by atoms with Crippen molar-refractivity contribution in [3.8, 4) is 11.8 Å². The fraction of sp³-hybridized carbons (Fsp3) is 0.211. The van der Waals surface area contributed by atoms with Gasteiger partial charge in [0.1, 0.15) is 0 Å². The molecular formula is C19H18F3N3O3S. The van der Waals surface area contributed by atoms with Crippen LogP contribution >= 0.6 is 0 Å². The third-order valence-corrected chi connectivity index (χ3v) is 5.10. The molecule has 0 saturated carbocycles. The average molecular weight is 425 g/mol. The van der Waals surface area contributed by atoms with Gasteiger partial charge in [0.25, 0.3) is 0 Å². The molecule has 0 fully saturated rings. The molecule has 0 atom stereocenters. The zero-order chi connectivity index (χ0) is 21.5. The van der Waals surface area contributed by atoms with E-state index in [0.717, 1.165) is 12.1 Å². The van der Waals surface area contributed by atoms with E-state index in [-0.39, 0.29) is 23.5 Å². The number of benzene rings is 2. The van der Waals surface area contributed by atoms with Crippen molar-refractivity contribution in [2.75, 3.05) is 13.6 Å². The number of urea groups is 1. The number of nitrogens with one attached hydrogen (secondary N) is 3. The monoisotopic (exact) mass is 425 g/mol. The summed E-state index contributed by atoms with van der Waals surface area (Å²) in [5, 5.41) is 4.99. The first-order chi connectivity index (χ1) is 13.6. The van der Waals surface area contributed by atoms with Crippen molar-refractivity contribution >= 4 is 16.1 Å². The van der Waals surface area contributed by atoms with Gasteiger partial charge in [0, 0.05) is 12.1 Å². The molecule has 0 saturated heterocycles. The lowest BCUT2D eigenvalue weighted by Crippen LogP contribution is -2.35. The number of rotatable bonds is 5. The molecule has 29 heavy (non-hydrogen) atoms. The van der Waals surface area contributed by atoms with Crippen molar-refractivity contribution in [3.63, 3.8) is 0 Å². The number of alkyl halides is 3. The second-order valence-electron chi connectivity index (χ2n) is 5.77. The van der Waals surface area contributed by atoms with Gasteiger partial charge in [0.2, 0.25) is 10.0 Å². The van der Waals surface area contributed by atoms with Crippen LogP contribution in [0.25, 0.3) is 0 Å². The summed E-state index contributed by atoms with van der Waals surface area (Å²) >= 11 is 0. The van der Waals surface area contributed by atoms with Crippen LogP contribution in [0.3, 0.4) is 0 Å². The zero-order valence-electron chi connectivity index (χ0n) is 15.3. The smallest absolute Gasteiger partial charge is 0.334 e. The molecule has 10 heteroatoms. The molecule has 0 radical (unpaired) electrons. The average Bonchev–Trinajstić information content (AvgIpc) is 2.69. The number of amides is 2. The molecule has 2 aromatic carbocycles. The van der Waals surface area contributed by atoms with Crippen LogP contribution in [0.2, 0.25) is 0 Å². The Kier molecular flexibility index (Phi) is 7.25. The van der Waals surface area contributed by atoms with Crippen LogP contribution < -0.4 is 15.4 Å². The molecule has 154 valence electrons. The highest BCUT2D eigenvalue weighted by Gasteiger charge is 2.30. The molecule has 6 nitrogen and oxygen atoms in total. The van der Waals surface area contributed by atoms with Gasteiger partial charge in [-0.15, -0.1) is 0 Å². The lowest BCUT2D eigenvalue weighted by molar-refractivity contribution is -0.137. The van der Waals surface area contributed by atoms with E-state index in [1.165, 1.54) is 31.3 Å². The molecular weight excluding hydrogens is 407 g/mol. The predicted octanol–water partition coefficient (Wildman–Crippen LogP) is 2.46. The van der Waals surface area contributed by atoms with E-state index in [0.29, 0.717) is 5.56 Å². The van der Waals surface area contributed by atoms with Crippen LogP contribution in [0.4, 0.5) is 18.0 Å². The van der Waals surface area contributed by atoms with Crippen LogP contribution in [0.15, 0.2) is 53.4 Å². The van der Waals surface area contributed by atoms with Crippen LogP contribution in [-0.2, 0) is 22.7 Å². The summed E-state index contributed by atoms with van der Waals surface area (Å²) in [6, 6.07) is 10.1. The van der Waals surface area contributed by atoms with Gasteiger partial charge in [0.05, 0.1) is 17.0 Å². The maximum Gasteiger partial charge on any atom is 0.416 e. The van der Waals surface area contributed by atoms with Gasteiger partial charge in [-0.25, -0.2) is 17.9 Å². The summed E-state index contributed by atoms with van der Waals surface area (Å²) < 4.78 is 63.7. The molecule has 0 aliphatic rings. The summed E-state index contributed by atoms with van der Waals surface area (Å²) in [5.41, 5.74) is -0.0337. The molecule has 0 bridgehead atoms. The van der Waals surface area contributed by atoms with Crippen molar-refractivity contribution in [2.24, 2.45) is 0 Å². The van der Waals surface area contributed by atoms with E-state index in [9.17, 15) is 26.4 Å². The van der Waals surface area contributed by atoms with E-state index in [2.05, 4.69) is 27.2 Å². The Morgan fingerprint density at radius 1 is 1.07 bits per heavy atom. The van der Waals surface area contributed by atoms with E-state index < -0.39 is 27.8 Å². The summed E-state index contributed by atoms with van der Waals surface area (Å²) in [5.74, 6) is 5.12. The van der Waals surface area contributed by atoms with Gasteiger partial charge >= 0.3 is 12.2 Å². The van der Waals surface area contributed by atoms with Crippen LogP contribution in [0.5, 0.6) is 0 Å². The van der Waals surface area contributed by atoms with Crippen molar-refractivity contribution in [3.05, 3.63) is 65.2 Å². The Hall–Kier alpha value is -3.03. The van der Waals surface area contributed by atoms with E-state index in [1.54, 1.807) is 12.1 Å². The molecule has 2 amide bonds. The summed E-state index contributed by atoms with van der Waals surface area (Å²) in [6.45, 7) is 0.0101. The summed E-state index contributed by atoms with van der Waals surface area (Å²) in [6.07, 6.45) is -4.44. The molecule has 2 rings (SSSR count). The Morgan fingerprint density at radius 3 is 2.48 bits per heavy atom. The van der Waals surface area contributed by atoms with Gasteiger partial charge in [0.15, 0.2) is 0 Å². The van der Waals surface area contributed by atoms with Crippen molar-refractivity contribution in [1.29, 1.82) is 0 Å². The lowest BCUT2D eigenvalue weighted by Gasteiger charge is -2.08. The minimum atomic E-state index is -4.44. The van der Waals surface area contributed by atoms with Crippen molar-refractivity contribution in [1.82, 2.24) is 15.4 Å². The maximum absolute atomic E-state index is 12.6. The van der Waals surface area contributed by atoms with Crippen molar-refractivity contribution < 1.29 is 26.4 Å². The number of sulfonamides is 1. The highest BCUT2D eigenvalue weighted by Crippen LogP contribution is 2.29. The fourth-order valence-corrected chi connectivity index (χ4v) is 3.03. The fourth-order valence-electron chi connectivity index (χ4n) is 2.23. The minimum absolute atomic E-state index is 0.0732. The lowest BCUT2D eigenvalue weighted by atomic mass is 10.1. The molecule has 0 heterocycles. The number of hydrogen-bond donors (Lipinski definition) is 3. The Bertz CT molecular complexity index is 1040.